The predicted octanol–water partition coefficient (Wildman–Crippen LogP) is 4.96. The van der Waals surface area contributed by atoms with Crippen LogP contribution in [0.3, 0.4) is 0 Å². The van der Waals surface area contributed by atoms with Crippen LogP contribution in [0, 0.1) is 6.92 Å². The number of methoxy groups -OCH3 is 1. The second-order valence-electron chi connectivity index (χ2n) is 6.62. The van der Waals surface area contributed by atoms with E-state index in [1.165, 1.54) is 0 Å². The van der Waals surface area contributed by atoms with Crippen LogP contribution in [0.5, 0.6) is 5.75 Å². The third kappa shape index (κ3) is 6.10. The van der Waals surface area contributed by atoms with E-state index in [1.54, 1.807) is 14.0 Å². The molecule has 0 bridgehead atoms. The molecule has 0 fully saturated rings. The minimum absolute atomic E-state index is 0.0674. The first-order valence-corrected chi connectivity index (χ1v) is 9.51. The van der Waals surface area contributed by atoms with E-state index in [1.807, 2.05) is 61.2 Å². The van der Waals surface area contributed by atoms with Gasteiger partial charge in [-0.1, -0.05) is 6.58 Å². The number of carbonyl (C=O) groups excluding carboxylic acids is 2. The van der Waals surface area contributed by atoms with Gasteiger partial charge in [0.05, 0.1) is 20.1 Å². The molecule has 2 rings (SSSR count). The van der Waals surface area contributed by atoms with Crippen molar-refractivity contribution in [3.8, 4) is 5.75 Å². The van der Waals surface area contributed by atoms with Crippen molar-refractivity contribution in [2.24, 2.45) is 0 Å². The summed E-state index contributed by atoms with van der Waals surface area (Å²) in [4.78, 5) is 25.4. The van der Waals surface area contributed by atoms with Crippen molar-refractivity contribution in [2.75, 3.05) is 23.9 Å². The molecule has 6 nitrogen and oxygen atoms in total. The molecule has 2 aromatic carbocycles. The van der Waals surface area contributed by atoms with Gasteiger partial charge in [-0.3, -0.25) is 9.59 Å². The zero-order valence-corrected chi connectivity index (χ0v) is 17.5. The van der Waals surface area contributed by atoms with E-state index in [4.69, 9.17) is 9.47 Å². The molecule has 1 amide bonds. The molecule has 2 aromatic rings. The summed E-state index contributed by atoms with van der Waals surface area (Å²) in [7, 11) is 1.64. The number of hydrogen-bond donors (Lipinski definition) is 1. The minimum Gasteiger partial charge on any atom is -0.497 e. The van der Waals surface area contributed by atoms with Gasteiger partial charge in [0.25, 0.3) is 0 Å². The van der Waals surface area contributed by atoms with Crippen molar-refractivity contribution in [1.82, 2.24) is 0 Å². The maximum Gasteiger partial charge on any atom is 0.306 e. The Morgan fingerprint density at radius 1 is 1.10 bits per heavy atom. The molecule has 0 aliphatic heterocycles. The topological polar surface area (TPSA) is 67.9 Å². The van der Waals surface area contributed by atoms with Crippen LogP contribution in [0.4, 0.5) is 17.1 Å². The van der Waals surface area contributed by atoms with E-state index in [0.717, 1.165) is 28.4 Å². The Balaban J connectivity index is 2.11. The summed E-state index contributed by atoms with van der Waals surface area (Å²) in [6, 6.07) is 13.4. The number of nitrogens with one attached hydrogen (secondary N) is 1. The molecular weight excluding hydrogens is 368 g/mol. The van der Waals surface area contributed by atoms with Crippen molar-refractivity contribution in [1.29, 1.82) is 0 Å². The molecule has 0 heterocycles. The lowest BCUT2D eigenvalue weighted by Gasteiger charge is -2.27. The zero-order valence-electron chi connectivity index (χ0n) is 17.5. The summed E-state index contributed by atoms with van der Waals surface area (Å²) in [5, 5.41) is 2.80. The third-order valence-corrected chi connectivity index (χ3v) is 4.30. The van der Waals surface area contributed by atoms with Crippen molar-refractivity contribution in [2.45, 2.75) is 33.6 Å². The average molecular weight is 396 g/mol. The smallest absolute Gasteiger partial charge is 0.306 e. The zero-order chi connectivity index (χ0) is 21.4. The number of amides is 1. The highest BCUT2D eigenvalue weighted by Gasteiger charge is 2.14. The quantitative estimate of drug-likeness (QED) is 0.607. The number of hydrogen-bond acceptors (Lipinski definition) is 5. The standard InChI is InChI=1S/C23H28N2O4/c1-6-29-23(27)14-13-22(26)24-18-7-9-19(10-8-18)25(16(2)3)21-12-11-20(28-5)15-17(21)4/h7-12,15H,2,6,13-14H2,1,3-5H3,(H,24,26). The summed E-state index contributed by atoms with van der Waals surface area (Å²) in [6.45, 7) is 10.1. The predicted molar refractivity (Wildman–Crippen MR) is 116 cm³/mol. The van der Waals surface area contributed by atoms with E-state index >= 15 is 0 Å². The minimum atomic E-state index is -0.370. The summed E-state index contributed by atoms with van der Waals surface area (Å²) >= 11 is 0. The number of anilines is 3. The van der Waals surface area contributed by atoms with Crippen LogP contribution >= 0.6 is 0 Å². The van der Waals surface area contributed by atoms with Crippen LogP contribution in [0.1, 0.15) is 32.3 Å². The van der Waals surface area contributed by atoms with Crippen LogP contribution in [0.2, 0.25) is 0 Å². The molecule has 154 valence electrons. The van der Waals surface area contributed by atoms with Crippen LogP contribution in [-0.4, -0.2) is 25.6 Å². The number of rotatable bonds is 9. The number of carbonyl (C=O) groups is 2. The first-order chi connectivity index (χ1) is 13.8. The lowest BCUT2D eigenvalue weighted by molar-refractivity contribution is -0.144. The SMILES string of the molecule is C=C(C)N(c1ccc(NC(=O)CCC(=O)OCC)cc1)c1ccc(OC)cc1C. The molecule has 29 heavy (non-hydrogen) atoms. The lowest BCUT2D eigenvalue weighted by Crippen LogP contribution is -2.16. The van der Waals surface area contributed by atoms with Crippen LogP contribution in [0.25, 0.3) is 0 Å². The van der Waals surface area contributed by atoms with Gasteiger partial charge in [0, 0.05) is 29.2 Å². The molecule has 0 saturated heterocycles. The molecule has 1 N–H and O–H groups in total. The monoisotopic (exact) mass is 396 g/mol. The number of nitrogens with zero attached hydrogens (tertiary/aromatic N) is 1. The maximum absolute atomic E-state index is 12.0. The van der Waals surface area contributed by atoms with Gasteiger partial charge in [0.15, 0.2) is 0 Å². The van der Waals surface area contributed by atoms with Crippen molar-refractivity contribution < 1.29 is 19.1 Å². The number of aryl methyl sites for hydroxylation is 1. The Bertz CT molecular complexity index is 875. The van der Waals surface area contributed by atoms with Gasteiger partial charge in [-0.25, -0.2) is 0 Å². The van der Waals surface area contributed by atoms with E-state index in [0.29, 0.717) is 12.3 Å². The van der Waals surface area contributed by atoms with E-state index in [2.05, 4.69) is 11.9 Å². The van der Waals surface area contributed by atoms with Gasteiger partial charge in [-0.15, -0.1) is 0 Å². The fourth-order valence-electron chi connectivity index (χ4n) is 2.94. The van der Waals surface area contributed by atoms with Gasteiger partial charge in [0.2, 0.25) is 5.91 Å². The molecule has 0 saturated carbocycles. The molecule has 0 unspecified atom stereocenters. The highest BCUT2D eigenvalue weighted by Crippen LogP contribution is 2.34. The summed E-state index contributed by atoms with van der Waals surface area (Å²) in [6.07, 6.45) is 0.154. The molecule has 0 aromatic heterocycles. The largest absolute Gasteiger partial charge is 0.497 e. The molecule has 0 atom stereocenters. The van der Waals surface area contributed by atoms with Crippen LogP contribution in [-0.2, 0) is 14.3 Å². The molecule has 0 spiro atoms. The van der Waals surface area contributed by atoms with Gasteiger partial charge >= 0.3 is 5.97 Å². The Hall–Kier alpha value is -3.28. The molecular formula is C23H28N2O4. The molecule has 6 heteroatoms. The first kappa shape index (κ1) is 22.0. The van der Waals surface area contributed by atoms with Crippen molar-refractivity contribution in [3.63, 3.8) is 0 Å². The number of esters is 1. The Kier molecular flexibility index (Phi) is 7.83. The summed E-state index contributed by atoms with van der Waals surface area (Å²) in [5.74, 6) is 0.201. The second-order valence-corrected chi connectivity index (χ2v) is 6.62. The maximum atomic E-state index is 12.0. The van der Waals surface area contributed by atoms with Gasteiger partial charge in [-0.05, 0) is 68.8 Å². The highest BCUT2D eigenvalue weighted by molar-refractivity contribution is 5.92. The summed E-state index contributed by atoms with van der Waals surface area (Å²) in [5.41, 5.74) is 4.52. The van der Waals surface area contributed by atoms with Gasteiger partial charge < -0.3 is 19.7 Å². The van der Waals surface area contributed by atoms with E-state index in [-0.39, 0.29) is 24.7 Å². The van der Waals surface area contributed by atoms with Crippen molar-refractivity contribution in [3.05, 3.63) is 60.3 Å². The number of benzene rings is 2. The van der Waals surface area contributed by atoms with Gasteiger partial charge in [-0.2, -0.15) is 0 Å². The van der Waals surface area contributed by atoms with Crippen LogP contribution in [0.15, 0.2) is 54.7 Å². The van der Waals surface area contributed by atoms with Gasteiger partial charge in [0.1, 0.15) is 5.75 Å². The fourth-order valence-corrected chi connectivity index (χ4v) is 2.94. The normalized spacial score (nSPS) is 10.2. The van der Waals surface area contributed by atoms with E-state index < -0.39 is 0 Å². The Labute approximate surface area is 172 Å². The molecule has 0 aliphatic carbocycles. The lowest BCUT2D eigenvalue weighted by atomic mass is 10.1. The van der Waals surface area contributed by atoms with Crippen LogP contribution < -0.4 is 15.0 Å². The molecule has 0 aliphatic rings. The first-order valence-electron chi connectivity index (χ1n) is 9.51. The Morgan fingerprint density at radius 2 is 1.79 bits per heavy atom. The third-order valence-electron chi connectivity index (χ3n) is 4.30. The second kappa shape index (κ2) is 10.3. The fraction of sp³-hybridized carbons (Fsp3) is 0.304. The number of allylic oxidation sites excluding steroid dienone is 1. The van der Waals surface area contributed by atoms with E-state index in [9.17, 15) is 9.59 Å². The molecule has 0 radical (unpaired) electrons. The van der Waals surface area contributed by atoms with Crippen molar-refractivity contribution >= 4 is 28.9 Å². The highest BCUT2D eigenvalue weighted by atomic mass is 16.5. The number of ether oxygens (including phenoxy) is 2. The Morgan fingerprint density at radius 3 is 2.34 bits per heavy atom. The summed E-state index contributed by atoms with van der Waals surface area (Å²) < 4.78 is 10.1. The average Bonchev–Trinajstić information content (AvgIpc) is 2.69.